The van der Waals surface area contributed by atoms with E-state index in [0.29, 0.717) is 11.5 Å². The highest BCUT2D eigenvalue weighted by atomic mass is 16.1. The fraction of sp³-hybridized carbons (Fsp3) is 0.167. The summed E-state index contributed by atoms with van der Waals surface area (Å²) in [6.45, 7) is 1.82. The van der Waals surface area contributed by atoms with Crippen LogP contribution in [0.4, 0.5) is 11.5 Å². The van der Waals surface area contributed by atoms with Crippen LogP contribution >= 0.6 is 0 Å². The van der Waals surface area contributed by atoms with E-state index in [2.05, 4.69) is 25.8 Å². The third kappa shape index (κ3) is 2.60. The zero-order valence-corrected chi connectivity index (χ0v) is 10.1. The van der Waals surface area contributed by atoms with Gasteiger partial charge in [0.25, 0.3) is 5.91 Å². The van der Waals surface area contributed by atoms with E-state index in [4.69, 9.17) is 0 Å². The molecule has 2 heterocycles. The first-order valence-corrected chi connectivity index (χ1v) is 5.45. The highest BCUT2D eigenvalue weighted by Gasteiger charge is 2.09. The quantitative estimate of drug-likeness (QED) is 0.853. The summed E-state index contributed by atoms with van der Waals surface area (Å²) in [6, 6.07) is 6.85. The van der Waals surface area contributed by atoms with Crippen LogP contribution in [0.3, 0.4) is 0 Å². The Morgan fingerprint density at radius 3 is 2.67 bits per heavy atom. The Morgan fingerprint density at radius 2 is 2.06 bits per heavy atom. The molecule has 0 aliphatic heterocycles. The van der Waals surface area contributed by atoms with Crippen molar-refractivity contribution in [2.75, 3.05) is 17.7 Å². The zero-order chi connectivity index (χ0) is 13.0. The van der Waals surface area contributed by atoms with E-state index >= 15 is 0 Å². The second-order valence-corrected chi connectivity index (χ2v) is 3.64. The van der Waals surface area contributed by atoms with Gasteiger partial charge in [0, 0.05) is 13.2 Å². The Bertz CT molecular complexity index is 553. The van der Waals surface area contributed by atoms with Crippen molar-refractivity contribution in [1.29, 1.82) is 0 Å². The van der Waals surface area contributed by atoms with Gasteiger partial charge in [0.1, 0.15) is 5.82 Å². The van der Waals surface area contributed by atoms with E-state index in [-0.39, 0.29) is 11.6 Å². The highest BCUT2D eigenvalue weighted by Crippen LogP contribution is 2.11. The fourth-order valence-corrected chi connectivity index (χ4v) is 1.39. The first-order valence-electron chi connectivity index (χ1n) is 5.45. The van der Waals surface area contributed by atoms with Crippen LogP contribution in [0.1, 0.15) is 16.2 Å². The van der Waals surface area contributed by atoms with Crippen LogP contribution in [-0.2, 0) is 0 Å². The van der Waals surface area contributed by atoms with Crippen LogP contribution in [-0.4, -0.2) is 28.1 Å². The van der Waals surface area contributed by atoms with E-state index in [1.54, 1.807) is 37.5 Å². The van der Waals surface area contributed by atoms with Crippen LogP contribution < -0.4 is 10.6 Å². The van der Waals surface area contributed by atoms with Gasteiger partial charge >= 0.3 is 0 Å². The number of nitrogens with zero attached hydrogens (tertiary/aromatic N) is 3. The number of pyridine rings is 1. The summed E-state index contributed by atoms with van der Waals surface area (Å²) in [4.78, 5) is 16.0. The van der Waals surface area contributed by atoms with Crippen LogP contribution in [0.15, 0.2) is 30.5 Å². The normalized spacial score (nSPS) is 9.89. The molecule has 0 saturated heterocycles. The predicted molar refractivity (Wildman–Crippen MR) is 68.5 cm³/mol. The molecule has 1 amide bonds. The molecule has 0 unspecified atom stereocenters. The first kappa shape index (κ1) is 12.0. The van der Waals surface area contributed by atoms with Crippen molar-refractivity contribution in [3.63, 3.8) is 0 Å². The van der Waals surface area contributed by atoms with Gasteiger partial charge < -0.3 is 10.6 Å². The molecule has 2 aromatic heterocycles. The van der Waals surface area contributed by atoms with Crippen molar-refractivity contribution in [2.24, 2.45) is 0 Å². The molecule has 0 saturated carbocycles. The van der Waals surface area contributed by atoms with E-state index in [0.717, 1.165) is 5.69 Å². The van der Waals surface area contributed by atoms with Gasteiger partial charge in [0.05, 0.1) is 11.4 Å². The van der Waals surface area contributed by atoms with E-state index in [1.165, 1.54) is 0 Å². The maximum Gasteiger partial charge on any atom is 0.276 e. The predicted octanol–water partition coefficient (Wildman–Crippen LogP) is 1.47. The second kappa shape index (κ2) is 5.22. The van der Waals surface area contributed by atoms with Gasteiger partial charge in [0.2, 0.25) is 0 Å². The lowest BCUT2D eigenvalue weighted by atomic mass is 10.3. The topological polar surface area (TPSA) is 79.8 Å². The lowest BCUT2D eigenvalue weighted by Crippen LogP contribution is -2.15. The second-order valence-electron chi connectivity index (χ2n) is 3.64. The number of rotatable bonds is 3. The van der Waals surface area contributed by atoms with Gasteiger partial charge in [0.15, 0.2) is 5.69 Å². The Kier molecular flexibility index (Phi) is 3.47. The largest absolute Gasteiger partial charge is 0.372 e. The minimum absolute atomic E-state index is 0.261. The first-order chi connectivity index (χ1) is 8.70. The third-order valence-electron chi connectivity index (χ3n) is 2.41. The number of amides is 1. The number of aryl methyl sites for hydroxylation is 1. The summed E-state index contributed by atoms with van der Waals surface area (Å²) in [5.74, 6) is 0.311. The van der Waals surface area contributed by atoms with Gasteiger partial charge in [-0.1, -0.05) is 0 Å². The molecule has 6 heteroatoms. The molecule has 0 bridgehead atoms. The van der Waals surface area contributed by atoms with Gasteiger partial charge in [-0.3, -0.25) is 9.78 Å². The van der Waals surface area contributed by atoms with Gasteiger partial charge in [-0.2, -0.15) is 0 Å². The number of carbonyl (C=O) groups is 1. The molecule has 2 aromatic rings. The molecule has 6 nitrogen and oxygen atoms in total. The number of aromatic nitrogens is 3. The average molecular weight is 243 g/mol. The Labute approximate surface area is 104 Å². The SMILES string of the molecule is CNc1ccc(C(=O)Nc2cccnc2C)nn1. The van der Waals surface area contributed by atoms with E-state index in [1.807, 2.05) is 6.92 Å². The van der Waals surface area contributed by atoms with Crippen molar-refractivity contribution in [2.45, 2.75) is 6.92 Å². The summed E-state index contributed by atoms with van der Waals surface area (Å²) in [6.07, 6.45) is 1.67. The number of carbonyl (C=O) groups excluding carboxylic acids is 1. The monoisotopic (exact) mass is 243 g/mol. The maximum absolute atomic E-state index is 11.9. The number of hydrogen-bond acceptors (Lipinski definition) is 5. The maximum atomic E-state index is 11.9. The number of nitrogens with one attached hydrogen (secondary N) is 2. The Morgan fingerprint density at radius 1 is 1.22 bits per heavy atom. The molecule has 0 fully saturated rings. The Hall–Kier alpha value is -2.50. The van der Waals surface area contributed by atoms with Crippen LogP contribution in [0, 0.1) is 6.92 Å². The van der Waals surface area contributed by atoms with Crippen molar-refractivity contribution >= 4 is 17.4 Å². The number of hydrogen-bond donors (Lipinski definition) is 2. The molecule has 0 radical (unpaired) electrons. The molecular weight excluding hydrogens is 230 g/mol. The lowest BCUT2D eigenvalue weighted by molar-refractivity contribution is 0.102. The third-order valence-corrected chi connectivity index (χ3v) is 2.41. The summed E-state index contributed by atoms with van der Waals surface area (Å²) in [5.41, 5.74) is 1.69. The van der Waals surface area contributed by atoms with Crippen LogP contribution in [0.2, 0.25) is 0 Å². The summed E-state index contributed by atoms with van der Waals surface area (Å²) in [7, 11) is 1.74. The highest BCUT2D eigenvalue weighted by molar-refractivity contribution is 6.03. The summed E-state index contributed by atoms with van der Waals surface area (Å²) >= 11 is 0. The molecule has 18 heavy (non-hydrogen) atoms. The molecule has 2 N–H and O–H groups in total. The van der Waals surface area contributed by atoms with Crippen molar-refractivity contribution in [3.05, 3.63) is 41.9 Å². The Balaban J connectivity index is 2.14. The van der Waals surface area contributed by atoms with Gasteiger partial charge in [-0.05, 0) is 31.2 Å². The van der Waals surface area contributed by atoms with Crippen molar-refractivity contribution in [1.82, 2.24) is 15.2 Å². The minimum Gasteiger partial charge on any atom is -0.372 e. The molecule has 2 rings (SSSR count). The zero-order valence-electron chi connectivity index (χ0n) is 10.1. The minimum atomic E-state index is -0.304. The summed E-state index contributed by atoms with van der Waals surface area (Å²) in [5, 5.41) is 13.3. The smallest absolute Gasteiger partial charge is 0.276 e. The van der Waals surface area contributed by atoms with E-state index < -0.39 is 0 Å². The lowest BCUT2D eigenvalue weighted by Gasteiger charge is -2.06. The average Bonchev–Trinajstić information content (AvgIpc) is 2.41. The molecular formula is C12H13N5O. The summed E-state index contributed by atoms with van der Waals surface area (Å²) < 4.78 is 0. The molecule has 0 spiro atoms. The van der Waals surface area contributed by atoms with Crippen molar-refractivity contribution in [3.8, 4) is 0 Å². The molecule has 0 atom stereocenters. The molecule has 0 aliphatic carbocycles. The van der Waals surface area contributed by atoms with Crippen LogP contribution in [0.5, 0.6) is 0 Å². The molecule has 0 aromatic carbocycles. The van der Waals surface area contributed by atoms with Crippen LogP contribution in [0.25, 0.3) is 0 Å². The van der Waals surface area contributed by atoms with Gasteiger partial charge in [-0.25, -0.2) is 0 Å². The standard InChI is InChI=1S/C12H13N5O/c1-8-9(4-3-7-14-8)15-12(18)10-5-6-11(13-2)17-16-10/h3-7H,1-2H3,(H,13,17)(H,15,18). The van der Waals surface area contributed by atoms with Gasteiger partial charge in [-0.15, -0.1) is 10.2 Å². The van der Waals surface area contributed by atoms with Crippen molar-refractivity contribution < 1.29 is 4.79 Å². The molecule has 92 valence electrons. The fourth-order valence-electron chi connectivity index (χ4n) is 1.39. The number of anilines is 2. The molecule has 0 aliphatic rings. The van der Waals surface area contributed by atoms with E-state index in [9.17, 15) is 4.79 Å².